The van der Waals surface area contributed by atoms with Crippen molar-refractivity contribution < 1.29 is 8.42 Å². The standard InChI is InChI=1S/C15H20N2O2S2/c1-4-21(18,19)10-11(2)16-14-7-5-13(6-8-14)15-9-20-12(3)17-15/h5-9,11,16H,4,10H2,1-3H3. The van der Waals surface area contributed by atoms with Crippen LogP contribution >= 0.6 is 11.3 Å². The number of rotatable bonds is 6. The van der Waals surface area contributed by atoms with Crippen molar-refractivity contribution in [3.8, 4) is 11.3 Å². The van der Waals surface area contributed by atoms with E-state index in [0.29, 0.717) is 0 Å². The summed E-state index contributed by atoms with van der Waals surface area (Å²) in [4.78, 5) is 4.45. The summed E-state index contributed by atoms with van der Waals surface area (Å²) < 4.78 is 23.2. The summed E-state index contributed by atoms with van der Waals surface area (Å²) in [7, 11) is -2.96. The van der Waals surface area contributed by atoms with Gasteiger partial charge in [0.05, 0.1) is 16.5 Å². The minimum atomic E-state index is -2.96. The molecule has 2 rings (SSSR count). The lowest BCUT2D eigenvalue weighted by Crippen LogP contribution is -2.26. The van der Waals surface area contributed by atoms with E-state index in [0.717, 1.165) is 22.0 Å². The van der Waals surface area contributed by atoms with Crippen LogP contribution in [-0.4, -0.2) is 30.9 Å². The Hall–Kier alpha value is -1.40. The van der Waals surface area contributed by atoms with Gasteiger partial charge in [0.1, 0.15) is 0 Å². The number of aryl methyl sites for hydroxylation is 1. The Labute approximate surface area is 130 Å². The van der Waals surface area contributed by atoms with Crippen LogP contribution in [0.5, 0.6) is 0 Å². The highest BCUT2D eigenvalue weighted by Crippen LogP contribution is 2.23. The van der Waals surface area contributed by atoms with Gasteiger partial charge in [-0.2, -0.15) is 0 Å². The Morgan fingerprint density at radius 2 is 1.95 bits per heavy atom. The number of nitrogens with one attached hydrogen (secondary N) is 1. The predicted octanol–water partition coefficient (Wildman–Crippen LogP) is 3.35. The zero-order valence-electron chi connectivity index (χ0n) is 12.5. The van der Waals surface area contributed by atoms with E-state index in [1.807, 2.05) is 43.5 Å². The molecule has 0 saturated heterocycles. The second-order valence-corrected chi connectivity index (χ2v) is 8.53. The van der Waals surface area contributed by atoms with Gasteiger partial charge in [-0.25, -0.2) is 13.4 Å². The van der Waals surface area contributed by atoms with Gasteiger partial charge in [0.25, 0.3) is 0 Å². The van der Waals surface area contributed by atoms with E-state index < -0.39 is 9.84 Å². The molecule has 0 aliphatic heterocycles. The molecule has 1 heterocycles. The Morgan fingerprint density at radius 1 is 1.29 bits per heavy atom. The van der Waals surface area contributed by atoms with Crippen molar-refractivity contribution in [1.29, 1.82) is 0 Å². The summed E-state index contributed by atoms with van der Waals surface area (Å²) in [5.74, 6) is 0.331. The molecule has 0 saturated carbocycles. The highest BCUT2D eigenvalue weighted by Gasteiger charge is 2.13. The third-order valence-corrected chi connectivity index (χ3v) is 5.82. The molecule has 21 heavy (non-hydrogen) atoms. The van der Waals surface area contributed by atoms with Crippen molar-refractivity contribution in [2.45, 2.75) is 26.8 Å². The van der Waals surface area contributed by atoms with Crippen LogP contribution in [0.2, 0.25) is 0 Å². The Bertz CT molecular complexity index is 691. The second-order valence-electron chi connectivity index (χ2n) is 5.07. The average molecular weight is 324 g/mol. The molecular formula is C15H20N2O2S2. The minimum absolute atomic E-state index is 0.109. The van der Waals surface area contributed by atoms with Crippen LogP contribution in [0.1, 0.15) is 18.9 Å². The molecule has 1 N–H and O–H groups in total. The molecule has 0 amide bonds. The van der Waals surface area contributed by atoms with Crippen molar-refractivity contribution in [1.82, 2.24) is 4.98 Å². The maximum atomic E-state index is 11.6. The van der Waals surface area contributed by atoms with E-state index in [1.54, 1.807) is 18.3 Å². The number of aromatic nitrogens is 1. The zero-order chi connectivity index (χ0) is 15.5. The molecule has 114 valence electrons. The second kappa shape index (κ2) is 6.58. The third kappa shape index (κ3) is 4.54. The van der Waals surface area contributed by atoms with Gasteiger partial charge in [0.2, 0.25) is 0 Å². The summed E-state index contributed by atoms with van der Waals surface area (Å²) in [5, 5.41) is 6.30. The molecule has 1 aromatic carbocycles. The highest BCUT2D eigenvalue weighted by atomic mass is 32.2. The van der Waals surface area contributed by atoms with Gasteiger partial charge in [-0.15, -0.1) is 11.3 Å². The molecule has 2 aromatic rings. The summed E-state index contributed by atoms with van der Waals surface area (Å²) in [6, 6.07) is 7.80. The van der Waals surface area contributed by atoms with Crippen molar-refractivity contribution in [3.05, 3.63) is 34.7 Å². The average Bonchev–Trinajstić information content (AvgIpc) is 2.85. The monoisotopic (exact) mass is 324 g/mol. The first-order chi connectivity index (χ1) is 9.89. The van der Waals surface area contributed by atoms with Crippen LogP contribution in [0.4, 0.5) is 5.69 Å². The largest absolute Gasteiger partial charge is 0.382 e. The van der Waals surface area contributed by atoms with Crippen LogP contribution < -0.4 is 5.32 Å². The Morgan fingerprint density at radius 3 is 2.48 bits per heavy atom. The van der Waals surface area contributed by atoms with Crippen LogP contribution in [0.3, 0.4) is 0 Å². The molecule has 1 unspecified atom stereocenters. The Kier molecular flexibility index (Phi) is 5.00. The third-order valence-electron chi connectivity index (χ3n) is 3.16. The smallest absolute Gasteiger partial charge is 0.152 e. The van der Waals surface area contributed by atoms with E-state index >= 15 is 0 Å². The van der Waals surface area contributed by atoms with Gasteiger partial charge < -0.3 is 5.32 Å². The summed E-state index contributed by atoms with van der Waals surface area (Å²) in [6.45, 7) is 5.54. The fourth-order valence-electron chi connectivity index (χ4n) is 2.06. The summed E-state index contributed by atoms with van der Waals surface area (Å²) in [6.07, 6.45) is 0. The number of anilines is 1. The van der Waals surface area contributed by atoms with Crippen molar-refractivity contribution in [3.63, 3.8) is 0 Å². The van der Waals surface area contributed by atoms with E-state index in [9.17, 15) is 8.42 Å². The minimum Gasteiger partial charge on any atom is -0.382 e. The van der Waals surface area contributed by atoms with Gasteiger partial charge in [0.15, 0.2) is 9.84 Å². The first-order valence-corrected chi connectivity index (χ1v) is 9.59. The molecule has 6 heteroatoms. The molecule has 0 aliphatic carbocycles. The van der Waals surface area contributed by atoms with Crippen LogP contribution in [0.15, 0.2) is 29.6 Å². The van der Waals surface area contributed by atoms with Gasteiger partial charge in [0, 0.05) is 28.4 Å². The lowest BCUT2D eigenvalue weighted by Gasteiger charge is -2.15. The first-order valence-electron chi connectivity index (χ1n) is 6.89. The Balaban J connectivity index is 2.03. The van der Waals surface area contributed by atoms with E-state index in [4.69, 9.17) is 0 Å². The lowest BCUT2D eigenvalue weighted by molar-refractivity contribution is 0.593. The highest BCUT2D eigenvalue weighted by molar-refractivity contribution is 7.91. The number of thiazole rings is 1. The predicted molar refractivity (Wildman–Crippen MR) is 89.7 cm³/mol. The molecule has 4 nitrogen and oxygen atoms in total. The lowest BCUT2D eigenvalue weighted by atomic mass is 10.1. The number of benzene rings is 1. The first kappa shape index (κ1) is 16.0. The van der Waals surface area contributed by atoms with Gasteiger partial charge in [-0.3, -0.25) is 0 Å². The zero-order valence-corrected chi connectivity index (χ0v) is 14.1. The molecule has 0 radical (unpaired) electrons. The molecule has 0 spiro atoms. The van der Waals surface area contributed by atoms with Crippen molar-refractivity contribution in [2.75, 3.05) is 16.8 Å². The van der Waals surface area contributed by atoms with Crippen LogP contribution in [-0.2, 0) is 9.84 Å². The van der Waals surface area contributed by atoms with Crippen LogP contribution in [0.25, 0.3) is 11.3 Å². The maximum absolute atomic E-state index is 11.6. The molecule has 1 aromatic heterocycles. The fraction of sp³-hybridized carbons (Fsp3) is 0.400. The van der Waals surface area contributed by atoms with Crippen molar-refractivity contribution >= 4 is 26.9 Å². The molecular weight excluding hydrogens is 304 g/mol. The normalized spacial score (nSPS) is 13.1. The molecule has 1 atom stereocenters. The van der Waals surface area contributed by atoms with Crippen molar-refractivity contribution in [2.24, 2.45) is 0 Å². The molecule has 0 fully saturated rings. The number of sulfone groups is 1. The SMILES string of the molecule is CCS(=O)(=O)CC(C)Nc1ccc(-c2csc(C)n2)cc1. The van der Waals surface area contributed by atoms with Gasteiger partial charge in [-0.05, 0) is 26.0 Å². The van der Waals surface area contributed by atoms with Gasteiger partial charge >= 0.3 is 0 Å². The van der Waals surface area contributed by atoms with E-state index in [-0.39, 0.29) is 17.5 Å². The van der Waals surface area contributed by atoms with Crippen LogP contribution in [0, 0.1) is 6.92 Å². The summed E-state index contributed by atoms with van der Waals surface area (Å²) >= 11 is 1.63. The number of nitrogens with zero attached hydrogens (tertiary/aromatic N) is 1. The fourth-order valence-corrected chi connectivity index (χ4v) is 3.76. The quantitative estimate of drug-likeness (QED) is 0.885. The van der Waals surface area contributed by atoms with E-state index in [2.05, 4.69) is 10.3 Å². The molecule has 0 aliphatic rings. The topological polar surface area (TPSA) is 59.1 Å². The van der Waals surface area contributed by atoms with E-state index in [1.165, 1.54) is 0 Å². The number of hydrogen-bond donors (Lipinski definition) is 1. The summed E-state index contributed by atoms with van der Waals surface area (Å²) in [5.41, 5.74) is 2.97. The maximum Gasteiger partial charge on any atom is 0.152 e. The van der Waals surface area contributed by atoms with Gasteiger partial charge in [-0.1, -0.05) is 19.1 Å². The molecule has 0 bridgehead atoms. The number of hydrogen-bond acceptors (Lipinski definition) is 5.